The summed E-state index contributed by atoms with van der Waals surface area (Å²) < 4.78 is 41.9. The second-order valence-corrected chi connectivity index (χ2v) is 7.57. The number of hydrogen-bond donors (Lipinski definition) is 0. The molecule has 0 saturated carbocycles. The van der Waals surface area contributed by atoms with E-state index in [4.69, 9.17) is 0 Å². The Balaban J connectivity index is 1.54. The number of halogens is 3. The highest BCUT2D eigenvalue weighted by atomic mass is 19.4. The molecular formula is C21H18F3N7. The van der Waals surface area contributed by atoms with Gasteiger partial charge in [-0.1, -0.05) is 6.07 Å². The van der Waals surface area contributed by atoms with Crippen LogP contribution < -0.4 is 4.90 Å². The van der Waals surface area contributed by atoms with Crippen molar-refractivity contribution in [2.75, 3.05) is 11.4 Å². The standard InChI is InChI=1S/C21H18F3N7/c1-12-13(2)20(29-31-11-27-28-19(12)31)30-7-5-17-15(10-30)8-14(9-26-17)16-4-3-6-25-18(16)21(22,23)24/h3-4,6,8-9,11H,5,7,10H2,1-2H3. The first-order valence-electron chi connectivity index (χ1n) is 9.75. The zero-order valence-corrected chi connectivity index (χ0v) is 16.8. The van der Waals surface area contributed by atoms with Gasteiger partial charge in [-0.2, -0.15) is 17.7 Å². The molecule has 0 aromatic carbocycles. The average molecular weight is 425 g/mol. The Kier molecular flexibility index (Phi) is 4.38. The minimum atomic E-state index is -4.54. The number of aromatic nitrogens is 6. The van der Waals surface area contributed by atoms with Gasteiger partial charge in [0.2, 0.25) is 0 Å². The zero-order valence-electron chi connectivity index (χ0n) is 16.8. The molecule has 10 heteroatoms. The van der Waals surface area contributed by atoms with E-state index in [0.717, 1.165) is 34.4 Å². The van der Waals surface area contributed by atoms with Crippen molar-refractivity contribution in [1.82, 2.24) is 29.8 Å². The molecule has 7 nitrogen and oxygen atoms in total. The van der Waals surface area contributed by atoms with Crippen LogP contribution in [0.2, 0.25) is 0 Å². The Labute approximate surface area is 175 Å². The summed E-state index contributed by atoms with van der Waals surface area (Å²) in [6, 6.07) is 4.70. The lowest BCUT2D eigenvalue weighted by Gasteiger charge is -2.30. The summed E-state index contributed by atoms with van der Waals surface area (Å²) in [5, 5.41) is 12.7. The lowest BCUT2D eigenvalue weighted by molar-refractivity contribution is -0.140. The van der Waals surface area contributed by atoms with Crippen molar-refractivity contribution in [3.05, 3.63) is 65.0 Å². The van der Waals surface area contributed by atoms with Crippen molar-refractivity contribution in [2.45, 2.75) is 33.0 Å². The number of anilines is 1. The lowest BCUT2D eigenvalue weighted by Crippen LogP contribution is -2.32. The minimum absolute atomic E-state index is 0.0264. The molecule has 0 radical (unpaired) electrons. The molecule has 0 amide bonds. The van der Waals surface area contributed by atoms with E-state index in [0.29, 0.717) is 30.7 Å². The van der Waals surface area contributed by atoms with Gasteiger partial charge in [0.1, 0.15) is 6.33 Å². The first-order valence-corrected chi connectivity index (χ1v) is 9.75. The fraction of sp³-hybridized carbons (Fsp3) is 0.286. The summed E-state index contributed by atoms with van der Waals surface area (Å²) in [6.45, 7) is 5.17. The topological polar surface area (TPSA) is 72.1 Å². The number of aryl methyl sites for hydroxylation is 1. The number of pyridine rings is 2. The van der Waals surface area contributed by atoms with Gasteiger partial charge in [-0.05, 0) is 31.5 Å². The molecule has 0 fully saturated rings. The Morgan fingerprint density at radius 2 is 1.94 bits per heavy atom. The first kappa shape index (κ1) is 19.4. The molecule has 5 heterocycles. The van der Waals surface area contributed by atoms with E-state index < -0.39 is 11.9 Å². The van der Waals surface area contributed by atoms with Gasteiger partial charge in [-0.3, -0.25) is 9.97 Å². The van der Waals surface area contributed by atoms with E-state index in [1.165, 1.54) is 18.3 Å². The van der Waals surface area contributed by atoms with Crippen LogP contribution >= 0.6 is 0 Å². The molecule has 0 N–H and O–H groups in total. The second-order valence-electron chi connectivity index (χ2n) is 7.57. The molecule has 4 aromatic rings. The van der Waals surface area contributed by atoms with E-state index in [1.54, 1.807) is 16.9 Å². The van der Waals surface area contributed by atoms with Crippen molar-refractivity contribution >= 4 is 11.5 Å². The van der Waals surface area contributed by atoms with Crippen LogP contribution in [0.5, 0.6) is 0 Å². The predicted octanol–water partition coefficient (Wildman–Crippen LogP) is 3.78. The summed E-state index contributed by atoms with van der Waals surface area (Å²) in [4.78, 5) is 10.1. The SMILES string of the molecule is Cc1c(N2CCc3ncc(-c4cccnc4C(F)(F)F)cc3C2)nn2cnnc2c1C. The van der Waals surface area contributed by atoms with E-state index in [9.17, 15) is 13.2 Å². The largest absolute Gasteiger partial charge is 0.433 e. The molecule has 1 aliphatic rings. The fourth-order valence-corrected chi connectivity index (χ4v) is 3.98. The van der Waals surface area contributed by atoms with Gasteiger partial charge in [0.25, 0.3) is 0 Å². The maximum Gasteiger partial charge on any atom is 0.433 e. The number of fused-ring (bicyclic) bond motifs is 2. The van der Waals surface area contributed by atoms with Crippen LogP contribution in [0.3, 0.4) is 0 Å². The van der Waals surface area contributed by atoms with Gasteiger partial charge in [-0.15, -0.1) is 15.3 Å². The quantitative estimate of drug-likeness (QED) is 0.487. The summed E-state index contributed by atoms with van der Waals surface area (Å²) >= 11 is 0. The third kappa shape index (κ3) is 3.28. The second kappa shape index (κ2) is 7.00. The van der Waals surface area contributed by atoms with Crippen molar-refractivity contribution < 1.29 is 13.2 Å². The number of hydrogen-bond acceptors (Lipinski definition) is 6. The number of alkyl halides is 3. The highest BCUT2D eigenvalue weighted by molar-refractivity contribution is 5.67. The van der Waals surface area contributed by atoms with E-state index in [1.807, 2.05) is 13.8 Å². The Morgan fingerprint density at radius 1 is 1.10 bits per heavy atom. The molecule has 0 unspecified atom stereocenters. The molecule has 158 valence electrons. The van der Waals surface area contributed by atoms with Gasteiger partial charge in [0.15, 0.2) is 17.2 Å². The monoisotopic (exact) mass is 425 g/mol. The predicted molar refractivity (Wildman–Crippen MR) is 107 cm³/mol. The van der Waals surface area contributed by atoms with Crippen molar-refractivity contribution in [3.8, 4) is 11.1 Å². The molecule has 4 aromatic heterocycles. The van der Waals surface area contributed by atoms with Crippen LogP contribution in [0, 0.1) is 13.8 Å². The van der Waals surface area contributed by atoms with Gasteiger partial charge in [0.05, 0.1) is 0 Å². The highest BCUT2D eigenvalue weighted by Crippen LogP contribution is 2.36. The lowest BCUT2D eigenvalue weighted by atomic mass is 9.99. The Morgan fingerprint density at radius 3 is 2.74 bits per heavy atom. The summed E-state index contributed by atoms with van der Waals surface area (Å²) in [7, 11) is 0. The average Bonchev–Trinajstić information content (AvgIpc) is 3.24. The maximum absolute atomic E-state index is 13.4. The molecule has 0 saturated heterocycles. The molecule has 31 heavy (non-hydrogen) atoms. The molecule has 1 aliphatic heterocycles. The van der Waals surface area contributed by atoms with Crippen molar-refractivity contribution in [3.63, 3.8) is 0 Å². The van der Waals surface area contributed by atoms with Gasteiger partial charge in [0, 0.05) is 59.9 Å². The molecule has 5 rings (SSSR count). The minimum Gasteiger partial charge on any atom is -0.350 e. The molecule has 0 aliphatic carbocycles. The number of rotatable bonds is 2. The molecule has 0 atom stereocenters. The van der Waals surface area contributed by atoms with Crippen LogP contribution in [0.25, 0.3) is 16.8 Å². The fourth-order valence-electron chi connectivity index (χ4n) is 3.98. The maximum atomic E-state index is 13.4. The molecular weight excluding hydrogens is 407 g/mol. The van der Waals surface area contributed by atoms with E-state index >= 15 is 0 Å². The van der Waals surface area contributed by atoms with Crippen LogP contribution in [0.1, 0.15) is 28.1 Å². The molecule has 0 spiro atoms. The van der Waals surface area contributed by atoms with Crippen LogP contribution in [-0.2, 0) is 19.1 Å². The smallest absolute Gasteiger partial charge is 0.350 e. The van der Waals surface area contributed by atoms with Crippen molar-refractivity contribution in [2.24, 2.45) is 0 Å². The van der Waals surface area contributed by atoms with Crippen LogP contribution in [-0.4, -0.2) is 36.3 Å². The third-order valence-electron chi connectivity index (χ3n) is 5.69. The number of nitrogens with zero attached hydrogens (tertiary/aromatic N) is 7. The Bertz CT molecular complexity index is 1300. The normalized spacial score (nSPS) is 14.2. The van der Waals surface area contributed by atoms with Gasteiger partial charge < -0.3 is 4.90 Å². The van der Waals surface area contributed by atoms with E-state index in [-0.39, 0.29) is 5.56 Å². The highest BCUT2D eigenvalue weighted by Gasteiger charge is 2.35. The first-order chi connectivity index (χ1) is 14.8. The summed E-state index contributed by atoms with van der Waals surface area (Å²) in [5.74, 6) is 0.804. The van der Waals surface area contributed by atoms with Crippen LogP contribution in [0.4, 0.5) is 19.0 Å². The van der Waals surface area contributed by atoms with E-state index in [2.05, 4.69) is 30.2 Å². The van der Waals surface area contributed by atoms with Gasteiger partial charge in [-0.25, -0.2) is 0 Å². The Hall–Kier alpha value is -3.56. The zero-order chi connectivity index (χ0) is 21.8. The van der Waals surface area contributed by atoms with Gasteiger partial charge >= 0.3 is 6.18 Å². The third-order valence-corrected chi connectivity index (χ3v) is 5.69. The molecule has 0 bridgehead atoms. The summed E-state index contributed by atoms with van der Waals surface area (Å²) in [6.07, 6.45) is 0.347. The van der Waals surface area contributed by atoms with Crippen LogP contribution in [0.15, 0.2) is 36.9 Å². The summed E-state index contributed by atoms with van der Waals surface area (Å²) in [5.41, 5.74) is 3.98. The van der Waals surface area contributed by atoms with Crippen molar-refractivity contribution in [1.29, 1.82) is 0 Å².